The van der Waals surface area contributed by atoms with Gasteiger partial charge < -0.3 is 24.4 Å². The van der Waals surface area contributed by atoms with Crippen molar-refractivity contribution in [2.24, 2.45) is 0 Å². The highest BCUT2D eigenvalue weighted by Gasteiger charge is 2.36. The second-order valence-electron chi connectivity index (χ2n) is 13.2. The van der Waals surface area contributed by atoms with Gasteiger partial charge in [-0.05, 0) is 93.3 Å². The van der Waals surface area contributed by atoms with Crippen LogP contribution in [0.3, 0.4) is 0 Å². The van der Waals surface area contributed by atoms with Gasteiger partial charge in [-0.25, -0.2) is 8.42 Å². The van der Waals surface area contributed by atoms with Crippen LogP contribution in [0, 0.1) is 13.8 Å². The summed E-state index contributed by atoms with van der Waals surface area (Å²) < 4.78 is 46.4. The molecule has 0 saturated heterocycles. The van der Waals surface area contributed by atoms with Gasteiger partial charge in [0.2, 0.25) is 11.8 Å². The Labute approximate surface area is 296 Å². The fourth-order valence-corrected chi connectivity index (χ4v) is 7.12. The number of carbonyl (C=O) groups is 2. The monoisotopic (exact) mass is 701 g/mol. The second kappa shape index (κ2) is 16.1. The zero-order valence-electron chi connectivity index (χ0n) is 30.0. The number of benzene rings is 4. The highest BCUT2D eigenvalue weighted by atomic mass is 32.2. The third-order valence-electron chi connectivity index (χ3n) is 7.97. The first kappa shape index (κ1) is 37.8. The third-order valence-corrected chi connectivity index (χ3v) is 9.74. The van der Waals surface area contributed by atoms with E-state index in [-0.39, 0.29) is 29.5 Å². The van der Waals surface area contributed by atoms with Crippen molar-refractivity contribution in [2.45, 2.75) is 64.1 Å². The highest BCUT2D eigenvalue weighted by Crippen LogP contribution is 2.33. The van der Waals surface area contributed by atoms with Crippen LogP contribution in [0.1, 0.15) is 43.0 Å². The van der Waals surface area contributed by atoms with Crippen LogP contribution >= 0.6 is 0 Å². The van der Waals surface area contributed by atoms with Crippen molar-refractivity contribution in [1.29, 1.82) is 0 Å². The van der Waals surface area contributed by atoms with Gasteiger partial charge in [0, 0.05) is 24.6 Å². The lowest BCUT2D eigenvalue weighted by Crippen LogP contribution is -2.56. The molecule has 11 heteroatoms. The van der Waals surface area contributed by atoms with Gasteiger partial charge in [0.15, 0.2) is 11.5 Å². The molecule has 4 aromatic carbocycles. The van der Waals surface area contributed by atoms with Crippen LogP contribution in [0.15, 0.2) is 95.9 Å². The van der Waals surface area contributed by atoms with Crippen molar-refractivity contribution in [3.8, 4) is 17.2 Å². The SMILES string of the molecule is COc1cccc(CN(C(=O)CN(c2cc(C)cc(C)c2)S(=O)(=O)c2ccc(OC)c(OC)c2)C(Cc2ccccc2)C(=O)NC(C)(C)C)c1. The van der Waals surface area contributed by atoms with E-state index in [1.807, 2.05) is 83.1 Å². The van der Waals surface area contributed by atoms with Gasteiger partial charge >= 0.3 is 0 Å². The minimum absolute atomic E-state index is 0.0161. The molecule has 4 rings (SSSR count). The molecule has 0 aliphatic carbocycles. The Balaban J connectivity index is 1.88. The number of methoxy groups -OCH3 is 3. The molecule has 0 spiro atoms. The Morgan fingerprint density at radius 2 is 1.40 bits per heavy atom. The number of nitrogens with zero attached hydrogens (tertiary/aromatic N) is 2. The first-order valence-electron chi connectivity index (χ1n) is 16.3. The van der Waals surface area contributed by atoms with Gasteiger partial charge in [0.05, 0.1) is 31.9 Å². The Kier molecular flexibility index (Phi) is 12.2. The second-order valence-corrected chi connectivity index (χ2v) is 15.1. The Bertz CT molecular complexity index is 1890. The molecule has 0 fully saturated rings. The predicted molar refractivity (Wildman–Crippen MR) is 195 cm³/mol. The normalized spacial score (nSPS) is 12.1. The number of anilines is 1. The summed E-state index contributed by atoms with van der Waals surface area (Å²) in [5.41, 5.74) is 2.90. The van der Waals surface area contributed by atoms with E-state index in [0.29, 0.717) is 22.7 Å². The van der Waals surface area contributed by atoms with E-state index in [9.17, 15) is 18.0 Å². The van der Waals surface area contributed by atoms with E-state index >= 15 is 0 Å². The minimum Gasteiger partial charge on any atom is -0.497 e. The van der Waals surface area contributed by atoms with Gasteiger partial charge in [-0.3, -0.25) is 13.9 Å². The molecular formula is C39H47N3O7S. The molecule has 266 valence electrons. The van der Waals surface area contributed by atoms with Crippen LogP contribution in [0.5, 0.6) is 17.2 Å². The summed E-state index contributed by atoms with van der Waals surface area (Å²) in [6, 6.07) is 25.3. The van der Waals surface area contributed by atoms with Gasteiger partial charge in [0.25, 0.3) is 10.0 Å². The number of aryl methyl sites for hydroxylation is 2. The maximum atomic E-state index is 14.8. The molecule has 0 aromatic heterocycles. The molecule has 50 heavy (non-hydrogen) atoms. The molecule has 0 radical (unpaired) electrons. The van der Waals surface area contributed by atoms with Gasteiger partial charge in [-0.15, -0.1) is 0 Å². The van der Waals surface area contributed by atoms with Crippen molar-refractivity contribution in [3.63, 3.8) is 0 Å². The Hall–Kier alpha value is -5.03. The van der Waals surface area contributed by atoms with Crippen molar-refractivity contribution in [1.82, 2.24) is 10.2 Å². The van der Waals surface area contributed by atoms with Gasteiger partial charge in [-0.1, -0.05) is 48.5 Å². The quantitative estimate of drug-likeness (QED) is 0.170. The summed E-state index contributed by atoms with van der Waals surface area (Å²) in [4.78, 5) is 30.3. The summed E-state index contributed by atoms with van der Waals surface area (Å²) in [5, 5.41) is 3.05. The Morgan fingerprint density at radius 3 is 2.00 bits per heavy atom. The average Bonchev–Trinajstić information content (AvgIpc) is 3.07. The maximum Gasteiger partial charge on any atom is 0.264 e. The van der Waals surface area contributed by atoms with Gasteiger partial charge in [-0.2, -0.15) is 0 Å². The summed E-state index contributed by atoms with van der Waals surface area (Å²) in [6.07, 6.45) is 0.199. The van der Waals surface area contributed by atoms with Crippen molar-refractivity contribution in [2.75, 3.05) is 32.2 Å². The van der Waals surface area contributed by atoms with Crippen LogP contribution in [0.25, 0.3) is 0 Å². The molecule has 0 heterocycles. The van der Waals surface area contributed by atoms with E-state index in [1.54, 1.807) is 31.4 Å². The van der Waals surface area contributed by atoms with Crippen molar-refractivity contribution >= 4 is 27.5 Å². The molecule has 4 aromatic rings. The third kappa shape index (κ3) is 9.56. The molecular weight excluding hydrogens is 655 g/mol. The molecule has 10 nitrogen and oxygen atoms in total. The maximum absolute atomic E-state index is 14.8. The van der Waals surface area contributed by atoms with Crippen LogP contribution < -0.4 is 23.8 Å². The standard InChI is InChI=1S/C39H47N3O7S/c1-27-19-28(2)21-31(20-27)42(50(45,46)33-17-18-35(48-7)36(24-33)49-8)26-37(43)41(25-30-15-12-16-32(22-30)47-6)34(38(44)40-39(3,4)5)23-29-13-10-9-11-14-29/h9-22,24,34H,23,25-26H2,1-8H3,(H,40,44). The van der Waals surface area contributed by atoms with E-state index in [2.05, 4.69) is 5.32 Å². The molecule has 1 unspecified atom stereocenters. The van der Waals surface area contributed by atoms with Gasteiger partial charge in [0.1, 0.15) is 18.3 Å². The number of hydrogen-bond acceptors (Lipinski definition) is 7. The van der Waals surface area contributed by atoms with Crippen LogP contribution in [-0.2, 0) is 32.6 Å². The lowest BCUT2D eigenvalue weighted by Gasteiger charge is -2.35. The van der Waals surface area contributed by atoms with Crippen molar-refractivity contribution < 1.29 is 32.2 Å². The average molecular weight is 702 g/mol. The van der Waals surface area contributed by atoms with E-state index in [0.717, 1.165) is 21.0 Å². The zero-order valence-corrected chi connectivity index (χ0v) is 30.8. The smallest absolute Gasteiger partial charge is 0.264 e. The van der Waals surface area contributed by atoms with E-state index in [4.69, 9.17) is 14.2 Å². The molecule has 0 aliphatic heterocycles. The predicted octanol–water partition coefficient (Wildman–Crippen LogP) is 6.08. The lowest BCUT2D eigenvalue weighted by atomic mass is 10.0. The number of carbonyl (C=O) groups excluding carboxylic acids is 2. The molecule has 1 atom stereocenters. The topological polar surface area (TPSA) is 114 Å². The first-order valence-corrected chi connectivity index (χ1v) is 17.7. The highest BCUT2D eigenvalue weighted by molar-refractivity contribution is 7.92. The van der Waals surface area contributed by atoms with Crippen molar-refractivity contribution in [3.05, 3.63) is 113 Å². The number of ether oxygens (including phenoxy) is 3. The molecule has 0 aliphatic rings. The van der Waals surface area contributed by atoms with Crippen LogP contribution in [-0.4, -0.2) is 64.6 Å². The summed E-state index contributed by atoms with van der Waals surface area (Å²) >= 11 is 0. The molecule has 0 saturated carbocycles. The first-order chi connectivity index (χ1) is 23.6. The lowest BCUT2D eigenvalue weighted by molar-refractivity contribution is -0.140. The summed E-state index contributed by atoms with van der Waals surface area (Å²) in [6.45, 7) is 8.77. The number of rotatable bonds is 14. The van der Waals surface area contributed by atoms with Crippen LogP contribution in [0.2, 0.25) is 0 Å². The summed E-state index contributed by atoms with van der Waals surface area (Å²) in [5.74, 6) is 0.237. The number of sulfonamides is 1. The van der Waals surface area contributed by atoms with Crippen LogP contribution in [0.4, 0.5) is 5.69 Å². The number of amides is 2. The molecule has 0 bridgehead atoms. The number of hydrogen-bond donors (Lipinski definition) is 1. The fraction of sp³-hybridized carbons (Fsp3) is 0.333. The minimum atomic E-state index is -4.36. The van der Waals surface area contributed by atoms with E-state index < -0.39 is 34.1 Å². The summed E-state index contributed by atoms with van der Waals surface area (Å²) in [7, 11) is 0.0775. The fourth-order valence-electron chi connectivity index (χ4n) is 5.70. The largest absolute Gasteiger partial charge is 0.497 e. The molecule has 1 N–H and O–H groups in total. The molecule has 2 amide bonds. The van der Waals surface area contributed by atoms with E-state index in [1.165, 1.54) is 37.3 Å². The Morgan fingerprint density at radius 1 is 0.760 bits per heavy atom. The number of nitrogens with one attached hydrogen (secondary N) is 1. The zero-order chi connectivity index (χ0) is 36.6.